The number of hydrogen-bond donors (Lipinski definition) is 1. The molecule has 2 fully saturated rings. The molecule has 4 heterocycles. The fourth-order valence-corrected chi connectivity index (χ4v) is 7.35. The summed E-state index contributed by atoms with van der Waals surface area (Å²) in [5.74, 6) is 0.537. The predicted molar refractivity (Wildman–Crippen MR) is 108 cm³/mol. The van der Waals surface area contributed by atoms with Crippen LogP contribution in [0.2, 0.25) is 8.67 Å². The number of fused-ring (bicyclic) bond motifs is 2. The van der Waals surface area contributed by atoms with E-state index in [4.69, 9.17) is 23.2 Å². The molecule has 2 bridgehead atoms. The van der Waals surface area contributed by atoms with Gasteiger partial charge in [-0.1, -0.05) is 23.2 Å². The van der Waals surface area contributed by atoms with E-state index in [0.29, 0.717) is 5.92 Å². The summed E-state index contributed by atoms with van der Waals surface area (Å²) in [5.41, 5.74) is -0.978. The molecule has 0 saturated carbocycles. The van der Waals surface area contributed by atoms with Crippen LogP contribution in [0.4, 0.5) is 0 Å². The third kappa shape index (κ3) is 3.66. The van der Waals surface area contributed by atoms with E-state index in [0.717, 1.165) is 41.4 Å². The molecule has 144 valence electrons. The standard InChI is InChI=1S/C19H24Cl2NOS2.BrH/c1-22(2)13-3-4-14(22)10-12(9-13)11-19(23,15-5-7-17(20)24-15)16-6-8-18(21)25-16;/h5-8,12-14,23H,3-4,9-11H2,1-2H3;1H/q+1;/p-1/t13-,14-;/m0./s1. The Morgan fingerprint density at radius 3 is 1.85 bits per heavy atom. The zero-order valence-corrected chi connectivity index (χ0v) is 19.7. The van der Waals surface area contributed by atoms with Crippen LogP contribution in [0, 0.1) is 5.92 Å². The van der Waals surface area contributed by atoms with Crippen LogP contribution in [0.25, 0.3) is 0 Å². The predicted octanol–water partition coefficient (Wildman–Crippen LogP) is 2.76. The molecule has 2 aromatic rings. The highest BCUT2D eigenvalue weighted by Gasteiger charge is 2.50. The smallest absolute Gasteiger partial charge is 0.133 e. The van der Waals surface area contributed by atoms with Gasteiger partial charge in [-0.2, -0.15) is 0 Å². The van der Waals surface area contributed by atoms with Crippen LogP contribution < -0.4 is 17.0 Å². The third-order valence-electron chi connectivity index (χ3n) is 6.47. The lowest BCUT2D eigenvalue weighted by Gasteiger charge is -2.45. The van der Waals surface area contributed by atoms with Crippen LogP contribution >= 0.6 is 45.9 Å². The van der Waals surface area contributed by atoms with Gasteiger partial charge < -0.3 is 26.6 Å². The lowest BCUT2D eigenvalue weighted by atomic mass is 9.79. The van der Waals surface area contributed by atoms with Gasteiger partial charge in [-0.15, -0.1) is 22.7 Å². The first-order valence-corrected chi connectivity index (χ1v) is 11.3. The van der Waals surface area contributed by atoms with Crippen LogP contribution in [0.15, 0.2) is 24.3 Å². The van der Waals surface area contributed by atoms with Crippen LogP contribution in [0.5, 0.6) is 0 Å². The average molecular weight is 497 g/mol. The van der Waals surface area contributed by atoms with Gasteiger partial charge in [0.25, 0.3) is 0 Å². The van der Waals surface area contributed by atoms with Crippen molar-refractivity contribution >= 4 is 45.9 Å². The normalized spacial score (nSPS) is 27.3. The summed E-state index contributed by atoms with van der Waals surface area (Å²) >= 11 is 15.3. The Morgan fingerprint density at radius 1 is 1.00 bits per heavy atom. The molecular weight excluding hydrogens is 473 g/mol. The Labute approximate surface area is 184 Å². The molecule has 0 radical (unpaired) electrons. The number of halogens is 3. The summed E-state index contributed by atoms with van der Waals surface area (Å²) in [4.78, 5) is 1.87. The van der Waals surface area contributed by atoms with E-state index in [1.807, 2.05) is 24.3 Å². The number of thiophene rings is 2. The highest BCUT2D eigenvalue weighted by Crippen LogP contribution is 2.49. The van der Waals surface area contributed by atoms with Crippen molar-refractivity contribution in [2.45, 2.75) is 49.8 Å². The maximum Gasteiger partial charge on any atom is 0.133 e. The number of rotatable bonds is 4. The summed E-state index contributed by atoms with van der Waals surface area (Å²) in [6.07, 6.45) is 5.80. The Balaban J connectivity index is 0.00000196. The number of quaternary nitrogens is 1. The molecule has 2 aromatic heterocycles. The van der Waals surface area contributed by atoms with Crippen LogP contribution in [-0.4, -0.2) is 35.8 Å². The van der Waals surface area contributed by atoms with Crippen LogP contribution in [0.1, 0.15) is 41.9 Å². The van der Waals surface area contributed by atoms with Gasteiger partial charge in [0.15, 0.2) is 0 Å². The SMILES string of the molecule is C[N+]1(C)[C@H]2CC[C@H]1CC(CC(O)(c1ccc(Cl)s1)c1ccc(Cl)s1)C2.[Br-]. The van der Waals surface area contributed by atoms with Gasteiger partial charge in [0.2, 0.25) is 0 Å². The molecule has 26 heavy (non-hydrogen) atoms. The van der Waals surface area contributed by atoms with Crippen molar-refractivity contribution in [1.29, 1.82) is 0 Å². The molecule has 0 amide bonds. The number of nitrogens with zero attached hydrogens (tertiary/aromatic N) is 1. The highest BCUT2D eigenvalue weighted by atomic mass is 79.9. The molecule has 7 heteroatoms. The van der Waals surface area contributed by atoms with Crippen molar-refractivity contribution in [2.75, 3.05) is 14.1 Å². The van der Waals surface area contributed by atoms with Gasteiger partial charge in [-0.25, -0.2) is 0 Å². The molecule has 0 aromatic carbocycles. The topological polar surface area (TPSA) is 20.2 Å². The Hall–Kier alpha value is 0.380. The molecule has 4 rings (SSSR count). The van der Waals surface area contributed by atoms with E-state index >= 15 is 0 Å². The Bertz CT molecular complexity index is 719. The van der Waals surface area contributed by atoms with Gasteiger partial charge in [-0.05, 0) is 36.6 Å². The van der Waals surface area contributed by atoms with E-state index in [2.05, 4.69) is 14.1 Å². The average Bonchev–Trinajstić information content (AvgIpc) is 3.18. The minimum absolute atomic E-state index is 0. The fourth-order valence-electron chi connectivity index (χ4n) is 4.97. The second-order valence-electron chi connectivity index (χ2n) is 8.12. The summed E-state index contributed by atoms with van der Waals surface area (Å²) in [6.45, 7) is 0. The van der Waals surface area contributed by atoms with E-state index in [-0.39, 0.29) is 17.0 Å². The Morgan fingerprint density at radius 2 is 1.46 bits per heavy atom. The second-order valence-corrected chi connectivity index (χ2v) is 11.6. The van der Waals surface area contributed by atoms with Gasteiger partial charge in [0.05, 0.1) is 34.9 Å². The third-order valence-corrected chi connectivity index (χ3v) is 9.24. The van der Waals surface area contributed by atoms with Crippen molar-refractivity contribution in [1.82, 2.24) is 0 Å². The molecule has 2 nitrogen and oxygen atoms in total. The summed E-state index contributed by atoms with van der Waals surface area (Å²) in [5, 5.41) is 11.8. The van der Waals surface area contributed by atoms with E-state index in [1.165, 1.54) is 48.4 Å². The largest absolute Gasteiger partial charge is 1.00 e. The first kappa shape index (κ1) is 21.1. The molecule has 0 unspecified atom stereocenters. The Kier molecular flexibility index (Phi) is 6.22. The van der Waals surface area contributed by atoms with Gasteiger partial charge in [0.1, 0.15) is 5.60 Å². The number of aliphatic hydroxyl groups is 1. The summed E-state index contributed by atoms with van der Waals surface area (Å²) in [6, 6.07) is 9.16. The van der Waals surface area contributed by atoms with Crippen molar-refractivity contribution in [3.63, 3.8) is 0 Å². The zero-order chi connectivity index (χ0) is 17.8. The summed E-state index contributed by atoms with van der Waals surface area (Å²) in [7, 11) is 4.76. The van der Waals surface area contributed by atoms with Gasteiger partial charge in [-0.3, -0.25) is 0 Å². The lowest BCUT2D eigenvalue weighted by molar-refractivity contribution is -0.931. The van der Waals surface area contributed by atoms with Gasteiger partial charge >= 0.3 is 0 Å². The zero-order valence-electron chi connectivity index (χ0n) is 14.9. The van der Waals surface area contributed by atoms with Crippen LogP contribution in [0.3, 0.4) is 0 Å². The van der Waals surface area contributed by atoms with Crippen molar-refractivity contribution in [2.24, 2.45) is 5.92 Å². The molecule has 2 saturated heterocycles. The molecule has 0 aliphatic carbocycles. The molecule has 2 atom stereocenters. The van der Waals surface area contributed by atoms with Gasteiger partial charge in [0, 0.05) is 35.4 Å². The quantitative estimate of drug-likeness (QED) is 0.645. The summed E-state index contributed by atoms with van der Waals surface area (Å²) < 4.78 is 2.60. The van der Waals surface area contributed by atoms with E-state index in [9.17, 15) is 5.11 Å². The fraction of sp³-hybridized carbons (Fsp3) is 0.579. The molecule has 0 spiro atoms. The maximum atomic E-state index is 11.8. The van der Waals surface area contributed by atoms with E-state index in [1.54, 1.807) is 0 Å². The number of hydrogen-bond acceptors (Lipinski definition) is 3. The molecule has 1 N–H and O–H groups in total. The highest BCUT2D eigenvalue weighted by molar-refractivity contribution is 7.17. The second kappa shape index (κ2) is 7.66. The minimum atomic E-state index is -0.978. The molecule has 2 aliphatic rings. The van der Waals surface area contributed by atoms with Crippen molar-refractivity contribution in [3.05, 3.63) is 42.7 Å². The number of piperidine rings is 1. The lowest BCUT2D eigenvalue weighted by Crippen LogP contribution is -3.00. The first-order chi connectivity index (χ1) is 11.8. The monoisotopic (exact) mass is 495 g/mol. The van der Waals surface area contributed by atoms with Crippen molar-refractivity contribution in [3.8, 4) is 0 Å². The molecular formula is C19H24BrCl2NOS2. The molecule has 2 aliphatic heterocycles. The minimum Gasteiger partial charge on any atom is -1.00 e. The first-order valence-electron chi connectivity index (χ1n) is 8.86. The van der Waals surface area contributed by atoms with Crippen molar-refractivity contribution < 1.29 is 26.6 Å². The van der Waals surface area contributed by atoms with Crippen LogP contribution in [-0.2, 0) is 5.60 Å². The maximum absolute atomic E-state index is 11.8. The van der Waals surface area contributed by atoms with E-state index < -0.39 is 5.60 Å².